The average molecular weight is 482 g/mol. The molecule has 9 heteroatoms. The molecule has 0 unspecified atom stereocenters. The van der Waals surface area contributed by atoms with Crippen molar-refractivity contribution in [2.45, 2.75) is 0 Å². The number of nitrogens with one attached hydrogen (secondary N) is 4. The van der Waals surface area contributed by atoms with E-state index in [0.717, 1.165) is 60.7 Å². The first kappa shape index (κ1) is 22.0. The maximum absolute atomic E-state index is 5.98. The lowest BCUT2D eigenvalue weighted by Crippen LogP contribution is -2.36. The second-order valence-electron chi connectivity index (χ2n) is 8.49. The van der Waals surface area contributed by atoms with Gasteiger partial charge < -0.3 is 35.6 Å². The van der Waals surface area contributed by atoms with E-state index < -0.39 is 0 Å². The zero-order valence-corrected chi connectivity index (χ0v) is 19.7. The molecule has 0 amide bonds. The first-order valence-corrected chi connectivity index (χ1v) is 12.0. The molecule has 1 fully saturated rings. The number of fused-ring (bicyclic) bond motifs is 1. The highest BCUT2D eigenvalue weighted by Gasteiger charge is 2.19. The Bertz CT molecular complexity index is 1330. The molecule has 0 radical (unpaired) electrons. The summed E-state index contributed by atoms with van der Waals surface area (Å²) in [6.07, 6.45) is 0. The fourth-order valence-electron chi connectivity index (χ4n) is 4.22. The van der Waals surface area contributed by atoms with Crippen molar-refractivity contribution in [3.63, 3.8) is 0 Å². The van der Waals surface area contributed by atoms with E-state index in [9.17, 15) is 0 Å². The molecule has 2 aliphatic heterocycles. The molecule has 0 saturated carbocycles. The summed E-state index contributed by atoms with van der Waals surface area (Å²) in [7, 11) is 0. The number of aromatic nitrogens is 2. The highest BCUT2D eigenvalue weighted by atomic mass is 16.5. The van der Waals surface area contributed by atoms with Gasteiger partial charge in [-0.15, -0.1) is 0 Å². The van der Waals surface area contributed by atoms with Gasteiger partial charge in [0.1, 0.15) is 17.2 Å². The first-order chi connectivity index (χ1) is 17.8. The predicted molar refractivity (Wildman–Crippen MR) is 143 cm³/mol. The van der Waals surface area contributed by atoms with E-state index in [1.807, 2.05) is 66.7 Å². The van der Waals surface area contributed by atoms with Crippen LogP contribution in [0.5, 0.6) is 11.5 Å². The SMILES string of the molecule is c1ccc(Oc2cccc(Nc3nc(Nc4ccc(N5CCOCC5)cc4)nc4c3NCN4)c2)cc1. The Morgan fingerprint density at radius 3 is 2.42 bits per heavy atom. The van der Waals surface area contributed by atoms with Crippen LogP contribution in [0.3, 0.4) is 0 Å². The van der Waals surface area contributed by atoms with Crippen LogP contribution in [0, 0.1) is 0 Å². The van der Waals surface area contributed by atoms with Gasteiger partial charge in [-0.3, -0.25) is 0 Å². The second-order valence-corrected chi connectivity index (χ2v) is 8.49. The van der Waals surface area contributed by atoms with Gasteiger partial charge in [-0.1, -0.05) is 24.3 Å². The molecule has 182 valence electrons. The van der Waals surface area contributed by atoms with Crippen LogP contribution in [-0.4, -0.2) is 42.9 Å². The van der Waals surface area contributed by atoms with Crippen molar-refractivity contribution in [3.05, 3.63) is 78.9 Å². The Morgan fingerprint density at radius 1 is 0.778 bits per heavy atom. The van der Waals surface area contributed by atoms with Gasteiger partial charge in [0.2, 0.25) is 5.95 Å². The molecule has 1 saturated heterocycles. The number of ether oxygens (including phenoxy) is 2. The van der Waals surface area contributed by atoms with E-state index in [-0.39, 0.29) is 0 Å². The number of anilines is 7. The van der Waals surface area contributed by atoms with Crippen molar-refractivity contribution in [1.82, 2.24) is 9.97 Å². The van der Waals surface area contributed by atoms with Gasteiger partial charge in [0.15, 0.2) is 11.6 Å². The molecule has 0 aliphatic carbocycles. The van der Waals surface area contributed by atoms with Crippen LogP contribution < -0.4 is 30.9 Å². The molecule has 2 aliphatic rings. The molecular formula is C27H27N7O2. The first-order valence-electron chi connectivity index (χ1n) is 12.0. The number of para-hydroxylation sites is 1. The third-order valence-electron chi connectivity index (χ3n) is 6.01. The molecule has 0 bridgehead atoms. The second kappa shape index (κ2) is 10.0. The van der Waals surface area contributed by atoms with Crippen LogP contribution in [0.25, 0.3) is 0 Å². The van der Waals surface area contributed by atoms with E-state index in [2.05, 4.69) is 43.3 Å². The van der Waals surface area contributed by atoms with Crippen molar-refractivity contribution in [3.8, 4) is 11.5 Å². The third kappa shape index (κ3) is 4.96. The molecule has 3 heterocycles. The van der Waals surface area contributed by atoms with Crippen LogP contribution in [-0.2, 0) is 4.74 Å². The fraction of sp³-hybridized carbons (Fsp3) is 0.185. The molecule has 4 aromatic rings. The molecule has 1 aromatic heterocycles. The van der Waals surface area contributed by atoms with Crippen LogP contribution >= 0.6 is 0 Å². The van der Waals surface area contributed by atoms with Crippen LogP contribution in [0.15, 0.2) is 78.9 Å². The van der Waals surface area contributed by atoms with Gasteiger partial charge in [0.25, 0.3) is 0 Å². The van der Waals surface area contributed by atoms with Crippen LogP contribution in [0.1, 0.15) is 0 Å². The van der Waals surface area contributed by atoms with Gasteiger partial charge in [-0.25, -0.2) is 0 Å². The highest BCUT2D eigenvalue weighted by Crippen LogP contribution is 2.35. The lowest BCUT2D eigenvalue weighted by atomic mass is 10.2. The van der Waals surface area contributed by atoms with E-state index >= 15 is 0 Å². The van der Waals surface area contributed by atoms with Crippen molar-refractivity contribution >= 4 is 40.3 Å². The molecule has 36 heavy (non-hydrogen) atoms. The number of nitrogens with zero attached hydrogens (tertiary/aromatic N) is 3. The summed E-state index contributed by atoms with van der Waals surface area (Å²) >= 11 is 0. The summed E-state index contributed by atoms with van der Waals surface area (Å²) in [5.41, 5.74) is 3.79. The smallest absolute Gasteiger partial charge is 0.231 e. The standard InChI is InChI=1S/C27H27N7O2/c1-2-6-22(7-3-1)36-23-8-4-5-20(17-23)30-26-24-25(29-18-28-24)32-27(33-26)31-19-9-11-21(12-10-19)34-13-15-35-16-14-34/h1-12,17,28H,13-16,18H2,(H3,29,30,31,32,33). The average Bonchev–Trinajstić information content (AvgIpc) is 3.40. The lowest BCUT2D eigenvalue weighted by molar-refractivity contribution is 0.122. The molecule has 9 nitrogen and oxygen atoms in total. The summed E-state index contributed by atoms with van der Waals surface area (Å²) in [5.74, 6) is 3.45. The van der Waals surface area contributed by atoms with Crippen LogP contribution in [0.2, 0.25) is 0 Å². The zero-order chi connectivity index (χ0) is 24.2. The quantitative estimate of drug-likeness (QED) is 0.277. The summed E-state index contributed by atoms with van der Waals surface area (Å²) in [5, 5.41) is 13.3. The van der Waals surface area contributed by atoms with Gasteiger partial charge >= 0.3 is 0 Å². The molecular weight excluding hydrogens is 454 g/mol. The van der Waals surface area contributed by atoms with Crippen molar-refractivity contribution in [1.29, 1.82) is 0 Å². The Morgan fingerprint density at radius 2 is 1.58 bits per heavy atom. The number of hydrogen-bond donors (Lipinski definition) is 4. The summed E-state index contributed by atoms with van der Waals surface area (Å²) in [6.45, 7) is 3.94. The maximum atomic E-state index is 5.98. The summed E-state index contributed by atoms with van der Waals surface area (Å²) in [4.78, 5) is 11.7. The van der Waals surface area contributed by atoms with Crippen molar-refractivity contribution in [2.75, 3.05) is 59.1 Å². The molecule has 6 rings (SSSR count). The Labute approximate surface area is 209 Å². The minimum absolute atomic E-state index is 0.503. The van der Waals surface area contributed by atoms with Gasteiger partial charge in [-0.2, -0.15) is 9.97 Å². The summed E-state index contributed by atoms with van der Waals surface area (Å²) < 4.78 is 11.4. The maximum Gasteiger partial charge on any atom is 0.231 e. The fourth-order valence-corrected chi connectivity index (χ4v) is 4.22. The summed E-state index contributed by atoms with van der Waals surface area (Å²) in [6, 6.07) is 25.8. The minimum atomic E-state index is 0.503. The zero-order valence-electron chi connectivity index (χ0n) is 19.7. The van der Waals surface area contributed by atoms with E-state index in [0.29, 0.717) is 18.4 Å². The van der Waals surface area contributed by atoms with Crippen molar-refractivity contribution in [2.24, 2.45) is 0 Å². The lowest BCUT2D eigenvalue weighted by Gasteiger charge is -2.28. The number of rotatable bonds is 7. The Kier molecular flexibility index (Phi) is 6.11. The van der Waals surface area contributed by atoms with Gasteiger partial charge in [0, 0.05) is 36.2 Å². The molecule has 3 aromatic carbocycles. The van der Waals surface area contributed by atoms with Gasteiger partial charge in [-0.05, 0) is 48.5 Å². The Hall–Kier alpha value is -4.50. The minimum Gasteiger partial charge on any atom is -0.457 e. The molecule has 0 spiro atoms. The van der Waals surface area contributed by atoms with E-state index in [1.54, 1.807) is 0 Å². The number of morpholine rings is 1. The van der Waals surface area contributed by atoms with Crippen molar-refractivity contribution < 1.29 is 9.47 Å². The Balaban J connectivity index is 1.20. The van der Waals surface area contributed by atoms with E-state index in [1.165, 1.54) is 5.69 Å². The topological polar surface area (TPSA) is 95.6 Å². The van der Waals surface area contributed by atoms with Crippen LogP contribution in [0.4, 0.5) is 40.3 Å². The third-order valence-corrected chi connectivity index (χ3v) is 6.01. The number of benzene rings is 3. The monoisotopic (exact) mass is 481 g/mol. The van der Waals surface area contributed by atoms with E-state index in [4.69, 9.17) is 14.5 Å². The molecule has 0 atom stereocenters. The van der Waals surface area contributed by atoms with Gasteiger partial charge in [0.05, 0.1) is 19.9 Å². The normalized spacial score (nSPS) is 14.4. The largest absolute Gasteiger partial charge is 0.457 e. The molecule has 4 N–H and O–H groups in total. The predicted octanol–water partition coefficient (Wildman–Crippen LogP) is 5.39. The number of hydrogen-bond acceptors (Lipinski definition) is 9. The highest BCUT2D eigenvalue weighted by molar-refractivity contribution is 5.84.